The Morgan fingerprint density at radius 1 is 1.32 bits per heavy atom. The summed E-state index contributed by atoms with van der Waals surface area (Å²) in [6.45, 7) is 0.987. The Morgan fingerprint density at radius 2 is 1.95 bits per heavy atom. The molecule has 1 atom stereocenters. The molecule has 1 fully saturated rings. The monoisotopic (exact) mass is 282 g/mol. The first kappa shape index (κ1) is 14.0. The van der Waals surface area contributed by atoms with E-state index in [9.17, 15) is 13.2 Å². The van der Waals surface area contributed by atoms with Gasteiger partial charge in [0.05, 0.1) is 4.90 Å². The van der Waals surface area contributed by atoms with Crippen LogP contribution in [0.1, 0.15) is 6.42 Å². The first-order valence-corrected chi connectivity index (χ1v) is 7.60. The van der Waals surface area contributed by atoms with Crippen LogP contribution in [0.15, 0.2) is 35.2 Å². The maximum atomic E-state index is 12.3. The van der Waals surface area contributed by atoms with E-state index in [-0.39, 0.29) is 16.7 Å². The molecule has 1 unspecified atom stereocenters. The van der Waals surface area contributed by atoms with Crippen molar-refractivity contribution >= 4 is 15.9 Å². The molecule has 0 radical (unpaired) electrons. The molecule has 6 heteroatoms. The highest BCUT2D eigenvalue weighted by Crippen LogP contribution is 2.20. The van der Waals surface area contributed by atoms with E-state index in [0.29, 0.717) is 19.5 Å². The molecule has 0 N–H and O–H groups in total. The van der Waals surface area contributed by atoms with Crippen LogP contribution in [0, 0.1) is 5.92 Å². The molecular formula is C13H18N2O3S. The summed E-state index contributed by atoms with van der Waals surface area (Å²) >= 11 is 0. The fourth-order valence-corrected chi connectivity index (χ4v) is 3.58. The highest BCUT2D eigenvalue weighted by atomic mass is 32.2. The number of hydrogen-bond acceptors (Lipinski definition) is 3. The zero-order chi connectivity index (χ0) is 14.0. The molecule has 1 aliphatic heterocycles. The molecule has 1 saturated heterocycles. The Balaban J connectivity index is 2.08. The second-order valence-electron chi connectivity index (χ2n) is 4.94. The average molecular weight is 282 g/mol. The largest absolute Gasteiger partial charge is 0.345 e. The second kappa shape index (κ2) is 5.30. The van der Waals surface area contributed by atoms with Gasteiger partial charge in [-0.2, -0.15) is 0 Å². The number of carbonyl (C=O) groups is 1. The van der Waals surface area contributed by atoms with Crippen molar-refractivity contribution in [1.29, 1.82) is 0 Å². The Hall–Kier alpha value is -1.40. The molecule has 1 aliphatic rings. The molecular weight excluding hydrogens is 264 g/mol. The minimum atomic E-state index is -3.46. The van der Waals surface area contributed by atoms with Crippen LogP contribution in [0.3, 0.4) is 0 Å². The van der Waals surface area contributed by atoms with Crippen LogP contribution in [-0.2, 0) is 14.8 Å². The van der Waals surface area contributed by atoms with Crippen LogP contribution in [0.25, 0.3) is 0 Å². The first-order valence-electron chi connectivity index (χ1n) is 6.16. The summed E-state index contributed by atoms with van der Waals surface area (Å²) < 4.78 is 26.0. The van der Waals surface area contributed by atoms with E-state index < -0.39 is 10.0 Å². The van der Waals surface area contributed by atoms with Crippen molar-refractivity contribution in [3.63, 3.8) is 0 Å². The van der Waals surface area contributed by atoms with Gasteiger partial charge in [-0.15, -0.1) is 0 Å². The normalized spacial score (nSPS) is 20.3. The quantitative estimate of drug-likeness (QED) is 0.820. The molecule has 0 aromatic heterocycles. The predicted molar refractivity (Wildman–Crippen MR) is 72.0 cm³/mol. The zero-order valence-corrected chi connectivity index (χ0v) is 11.9. The van der Waals surface area contributed by atoms with E-state index in [4.69, 9.17) is 0 Å². The van der Waals surface area contributed by atoms with Gasteiger partial charge in [0.1, 0.15) is 0 Å². The molecule has 0 spiro atoms. The Bertz CT molecular complexity index is 557. The highest BCUT2D eigenvalue weighted by Gasteiger charge is 2.30. The van der Waals surface area contributed by atoms with E-state index in [1.54, 1.807) is 49.3 Å². The lowest BCUT2D eigenvalue weighted by Crippen LogP contribution is -2.32. The molecule has 0 bridgehead atoms. The summed E-state index contributed by atoms with van der Waals surface area (Å²) in [5, 5.41) is 0. The molecule has 1 aromatic rings. The maximum absolute atomic E-state index is 12.3. The van der Waals surface area contributed by atoms with Crippen LogP contribution in [-0.4, -0.2) is 50.7 Å². The van der Waals surface area contributed by atoms with Gasteiger partial charge in [-0.1, -0.05) is 18.2 Å². The average Bonchev–Trinajstić information content (AvgIpc) is 2.69. The molecule has 0 saturated carbocycles. The Labute approximate surface area is 113 Å². The van der Waals surface area contributed by atoms with Crippen molar-refractivity contribution in [2.75, 3.05) is 27.2 Å². The molecule has 5 nitrogen and oxygen atoms in total. The van der Waals surface area contributed by atoms with Crippen molar-refractivity contribution in [2.24, 2.45) is 5.92 Å². The van der Waals surface area contributed by atoms with E-state index in [1.165, 1.54) is 4.31 Å². The smallest absolute Gasteiger partial charge is 0.242 e. The molecule has 0 aliphatic carbocycles. The van der Waals surface area contributed by atoms with Gasteiger partial charge < -0.3 is 4.90 Å². The summed E-state index contributed by atoms with van der Waals surface area (Å²) in [4.78, 5) is 13.4. The SMILES string of the molecule is CN1CC(CN(C)S(=O)(=O)c2ccccc2)CC1=O. The van der Waals surface area contributed by atoms with Gasteiger partial charge in [-0.25, -0.2) is 12.7 Å². The van der Waals surface area contributed by atoms with Crippen molar-refractivity contribution in [3.05, 3.63) is 30.3 Å². The molecule has 1 heterocycles. The minimum Gasteiger partial charge on any atom is -0.345 e. The highest BCUT2D eigenvalue weighted by molar-refractivity contribution is 7.89. The Kier molecular flexibility index (Phi) is 3.91. The van der Waals surface area contributed by atoms with Gasteiger partial charge in [0.15, 0.2) is 0 Å². The van der Waals surface area contributed by atoms with Gasteiger partial charge in [0.25, 0.3) is 0 Å². The topological polar surface area (TPSA) is 57.7 Å². The third-order valence-corrected chi connectivity index (χ3v) is 5.23. The molecule has 104 valence electrons. The van der Waals surface area contributed by atoms with Gasteiger partial charge >= 0.3 is 0 Å². The number of carbonyl (C=O) groups excluding carboxylic acids is 1. The molecule has 19 heavy (non-hydrogen) atoms. The van der Waals surface area contributed by atoms with E-state index in [0.717, 1.165) is 0 Å². The number of nitrogens with zero attached hydrogens (tertiary/aromatic N) is 2. The number of rotatable bonds is 4. The van der Waals surface area contributed by atoms with Crippen molar-refractivity contribution in [1.82, 2.24) is 9.21 Å². The molecule has 2 rings (SSSR count). The van der Waals surface area contributed by atoms with E-state index in [2.05, 4.69) is 0 Å². The van der Waals surface area contributed by atoms with Crippen molar-refractivity contribution < 1.29 is 13.2 Å². The number of hydrogen-bond donors (Lipinski definition) is 0. The number of likely N-dealkylation sites (tertiary alicyclic amines) is 1. The van der Waals surface area contributed by atoms with E-state index >= 15 is 0 Å². The summed E-state index contributed by atoms with van der Waals surface area (Å²) in [6.07, 6.45) is 0.422. The summed E-state index contributed by atoms with van der Waals surface area (Å²) in [6, 6.07) is 8.35. The fraction of sp³-hybridized carbons (Fsp3) is 0.462. The van der Waals surface area contributed by atoms with Gasteiger partial charge in [-0.3, -0.25) is 4.79 Å². The lowest BCUT2D eigenvalue weighted by Gasteiger charge is -2.20. The molecule has 1 aromatic carbocycles. The van der Waals surface area contributed by atoms with E-state index in [1.807, 2.05) is 0 Å². The third kappa shape index (κ3) is 2.96. The summed E-state index contributed by atoms with van der Waals surface area (Å²) in [7, 11) is -0.153. The lowest BCUT2D eigenvalue weighted by molar-refractivity contribution is -0.126. The molecule has 1 amide bonds. The van der Waals surface area contributed by atoms with Gasteiger partial charge in [0, 0.05) is 33.6 Å². The fourth-order valence-electron chi connectivity index (χ4n) is 2.31. The van der Waals surface area contributed by atoms with Gasteiger partial charge in [-0.05, 0) is 18.1 Å². The number of benzene rings is 1. The minimum absolute atomic E-state index is 0.0704. The first-order chi connectivity index (χ1) is 8.91. The van der Waals surface area contributed by atoms with Crippen LogP contribution in [0.2, 0.25) is 0 Å². The second-order valence-corrected chi connectivity index (χ2v) is 6.99. The number of amides is 1. The number of sulfonamides is 1. The van der Waals surface area contributed by atoms with Crippen LogP contribution >= 0.6 is 0 Å². The zero-order valence-electron chi connectivity index (χ0n) is 11.1. The standard InChI is InChI=1S/C13H18N2O3S/c1-14-9-11(8-13(14)16)10-15(2)19(17,18)12-6-4-3-5-7-12/h3-7,11H,8-10H2,1-2H3. The summed E-state index contributed by atoms with van der Waals surface area (Å²) in [5.41, 5.74) is 0. The predicted octanol–water partition coefficient (Wildman–Crippen LogP) is 0.785. The third-order valence-electron chi connectivity index (χ3n) is 3.39. The van der Waals surface area contributed by atoms with Crippen LogP contribution < -0.4 is 0 Å². The van der Waals surface area contributed by atoms with Crippen molar-refractivity contribution in [2.45, 2.75) is 11.3 Å². The summed E-state index contributed by atoms with van der Waals surface area (Å²) in [5.74, 6) is 0.150. The Morgan fingerprint density at radius 3 is 2.47 bits per heavy atom. The van der Waals surface area contributed by atoms with Gasteiger partial charge in [0.2, 0.25) is 15.9 Å². The van der Waals surface area contributed by atoms with Crippen LogP contribution in [0.5, 0.6) is 0 Å². The maximum Gasteiger partial charge on any atom is 0.242 e. The van der Waals surface area contributed by atoms with Crippen LogP contribution in [0.4, 0.5) is 0 Å². The lowest BCUT2D eigenvalue weighted by atomic mass is 10.1. The van der Waals surface area contributed by atoms with Crippen molar-refractivity contribution in [3.8, 4) is 0 Å².